The topological polar surface area (TPSA) is 40.9 Å². The van der Waals surface area contributed by atoms with Crippen molar-refractivity contribution < 1.29 is 4.21 Å². The Labute approximate surface area is 114 Å². The molecule has 0 aliphatic carbocycles. The first-order valence-electron chi connectivity index (χ1n) is 5.10. The van der Waals surface area contributed by atoms with E-state index < -0.39 is 16.2 Å². The van der Waals surface area contributed by atoms with Crippen LogP contribution in [0.25, 0.3) is 0 Å². The van der Waals surface area contributed by atoms with Gasteiger partial charge in [-0.2, -0.15) is 5.26 Å². The summed E-state index contributed by atoms with van der Waals surface area (Å²) in [7, 11) is -1.14. The maximum atomic E-state index is 12.0. The summed E-state index contributed by atoms with van der Waals surface area (Å²) in [6, 6.07) is 7.13. The Balaban J connectivity index is 2.72. The average Bonchev–Trinajstić information content (AvgIpc) is 2.30. The number of nitrogens with zero attached hydrogens (tertiary/aromatic N) is 1. The summed E-state index contributed by atoms with van der Waals surface area (Å²) in [4.78, 5) is 0.646. The zero-order valence-corrected chi connectivity index (χ0v) is 12.0. The van der Waals surface area contributed by atoms with Gasteiger partial charge in [0.2, 0.25) is 0 Å². The van der Waals surface area contributed by atoms with Crippen LogP contribution in [0.4, 0.5) is 0 Å². The SMILES string of the molecule is CC(C)(C#N)CCS(=O)c1ccc(Cl)c(Cl)c1. The van der Waals surface area contributed by atoms with Gasteiger partial charge in [0.25, 0.3) is 0 Å². The van der Waals surface area contributed by atoms with Gasteiger partial charge >= 0.3 is 0 Å². The Kier molecular flexibility index (Phi) is 5.00. The lowest BCUT2D eigenvalue weighted by molar-refractivity contribution is 0.479. The van der Waals surface area contributed by atoms with Crippen molar-refractivity contribution in [2.24, 2.45) is 5.41 Å². The number of rotatable bonds is 4. The summed E-state index contributed by atoms with van der Waals surface area (Å²) in [6.07, 6.45) is 0.580. The van der Waals surface area contributed by atoms with Crippen LogP contribution >= 0.6 is 23.2 Å². The molecule has 0 fully saturated rings. The highest BCUT2D eigenvalue weighted by atomic mass is 35.5. The molecule has 0 N–H and O–H groups in total. The summed E-state index contributed by atoms with van der Waals surface area (Å²) in [5.41, 5.74) is -0.452. The molecule has 1 unspecified atom stereocenters. The highest BCUT2D eigenvalue weighted by molar-refractivity contribution is 7.85. The first kappa shape index (κ1) is 14.5. The molecular formula is C12H13Cl2NOS. The molecular weight excluding hydrogens is 277 g/mol. The van der Waals surface area contributed by atoms with Crippen molar-refractivity contribution in [2.75, 3.05) is 5.75 Å². The lowest BCUT2D eigenvalue weighted by Crippen LogP contribution is -2.12. The van der Waals surface area contributed by atoms with Crippen molar-refractivity contribution in [3.05, 3.63) is 28.2 Å². The summed E-state index contributed by atoms with van der Waals surface area (Å²) < 4.78 is 12.0. The summed E-state index contributed by atoms with van der Waals surface area (Å²) in [5.74, 6) is 0.443. The van der Waals surface area contributed by atoms with Gasteiger partial charge in [-0.15, -0.1) is 0 Å². The molecule has 0 radical (unpaired) electrons. The summed E-state index contributed by atoms with van der Waals surface area (Å²) >= 11 is 11.6. The molecule has 1 aromatic carbocycles. The molecule has 0 aromatic heterocycles. The quantitative estimate of drug-likeness (QED) is 0.839. The van der Waals surface area contributed by atoms with Gasteiger partial charge in [-0.3, -0.25) is 4.21 Å². The van der Waals surface area contributed by atoms with Crippen LogP contribution in [0.15, 0.2) is 23.1 Å². The Morgan fingerprint density at radius 1 is 1.35 bits per heavy atom. The lowest BCUT2D eigenvalue weighted by atomic mass is 9.93. The fraction of sp³-hybridized carbons (Fsp3) is 0.417. The van der Waals surface area contributed by atoms with Crippen LogP contribution in [0.5, 0.6) is 0 Å². The van der Waals surface area contributed by atoms with Crippen molar-refractivity contribution in [3.63, 3.8) is 0 Å². The van der Waals surface area contributed by atoms with Gasteiger partial charge in [0, 0.05) is 10.6 Å². The predicted molar refractivity (Wildman–Crippen MR) is 71.7 cm³/mol. The van der Waals surface area contributed by atoms with E-state index in [2.05, 4.69) is 6.07 Å². The van der Waals surface area contributed by atoms with E-state index >= 15 is 0 Å². The van der Waals surface area contributed by atoms with E-state index in [1.807, 2.05) is 13.8 Å². The van der Waals surface area contributed by atoms with Crippen LogP contribution < -0.4 is 0 Å². The molecule has 2 nitrogen and oxygen atoms in total. The second-order valence-corrected chi connectivity index (χ2v) is 6.76. The monoisotopic (exact) mass is 289 g/mol. The number of hydrogen-bond donors (Lipinski definition) is 0. The molecule has 1 atom stereocenters. The molecule has 0 saturated heterocycles. The van der Waals surface area contributed by atoms with E-state index in [9.17, 15) is 4.21 Å². The standard InChI is InChI=1S/C12H13Cl2NOS/c1-12(2,8-15)5-6-17(16)9-3-4-10(13)11(14)7-9/h3-4,7H,5-6H2,1-2H3. The Bertz CT molecular complexity index is 480. The molecule has 0 heterocycles. The van der Waals surface area contributed by atoms with E-state index in [1.54, 1.807) is 18.2 Å². The van der Waals surface area contributed by atoms with Gasteiger partial charge in [0.15, 0.2) is 0 Å². The van der Waals surface area contributed by atoms with E-state index in [0.717, 1.165) is 0 Å². The van der Waals surface area contributed by atoms with E-state index in [4.69, 9.17) is 28.5 Å². The Morgan fingerprint density at radius 3 is 2.53 bits per heavy atom. The Morgan fingerprint density at radius 2 is 2.00 bits per heavy atom. The minimum atomic E-state index is -1.14. The normalized spacial score (nSPS) is 13.1. The van der Waals surface area contributed by atoms with Crippen LogP contribution in [-0.2, 0) is 10.8 Å². The number of halogens is 2. The molecule has 0 bridgehead atoms. The van der Waals surface area contributed by atoms with Crippen molar-refractivity contribution in [1.82, 2.24) is 0 Å². The van der Waals surface area contributed by atoms with Crippen LogP contribution in [0, 0.1) is 16.7 Å². The van der Waals surface area contributed by atoms with Crippen molar-refractivity contribution in [1.29, 1.82) is 5.26 Å². The predicted octanol–water partition coefficient (Wildman–Crippen LogP) is 4.04. The van der Waals surface area contributed by atoms with Gasteiger partial charge in [-0.1, -0.05) is 23.2 Å². The second kappa shape index (κ2) is 5.86. The van der Waals surface area contributed by atoms with E-state index in [1.165, 1.54) is 0 Å². The summed E-state index contributed by atoms with van der Waals surface area (Å²) in [5, 5.41) is 9.72. The number of benzene rings is 1. The zero-order valence-electron chi connectivity index (χ0n) is 9.67. The first-order valence-corrected chi connectivity index (χ1v) is 7.18. The van der Waals surface area contributed by atoms with Gasteiger partial charge in [-0.25, -0.2) is 0 Å². The average molecular weight is 290 g/mol. The largest absolute Gasteiger partial charge is 0.254 e. The van der Waals surface area contributed by atoms with Crippen molar-refractivity contribution in [2.45, 2.75) is 25.2 Å². The highest BCUT2D eigenvalue weighted by Crippen LogP contribution is 2.25. The van der Waals surface area contributed by atoms with E-state index in [0.29, 0.717) is 27.1 Å². The third-order valence-electron chi connectivity index (χ3n) is 2.37. The number of nitriles is 1. The third-order valence-corrected chi connectivity index (χ3v) is 4.46. The third kappa shape index (κ3) is 4.31. The molecule has 1 aromatic rings. The van der Waals surface area contributed by atoms with Gasteiger partial charge in [0.1, 0.15) is 0 Å². The molecule has 5 heteroatoms. The van der Waals surface area contributed by atoms with Gasteiger partial charge < -0.3 is 0 Å². The maximum Gasteiger partial charge on any atom is 0.0684 e. The fourth-order valence-electron chi connectivity index (χ4n) is 1.14. The molecule has 92 valence electrons. The second-order valence-electron chi connectivity index (χ2n) is 4.37. The van der Waals surface area contributed by atoms with Gasteiger partial charge in [0.05, 0.1) is 32.3 Å². The molecule has 0 saturated carbocycles. The van der Waals surface area contributed by atoms with Crippen LogP contribution in [-0.4, -0.2) is 9.96 Å². The van der Waals surface area contributed by atoms with Crippen LogP contribution in [0.3, 0.4) is 0 Å². The minimum absolute atomic E-state index is 0.400. The lowest BCUT2D eigenvalue weighted by Gasteiger charge is -2.14. The molecule has 0 amide bonds. The fourth-order valence-corrected chi connectivity index (χ4v) is 2.90. The summed E-state index contributed by atoms with van der Waals surface area (Å²) in [6.45, 7) is 3.66. The van der Waals surface area contributed by atoms with Crippen molar-refractivity contribution >= 4 is 34.0 Å². The van der Waals surface area contributed by atoms with Crippen molar-refractivity contribution in [3.8, 4) is 6.07 Å². The zero-order chi connectivity index (χ0) is 13.1. The molecule has 17 heavy (non-hydrogen) atoms. The Hall–Kier alpha value is -0.560. The molecule has 0 aliphatic rings. The van der Waals surface area contributed by atoms with E-state index in [-0.39, 0.29) is 0 Å². The van der Waals surface area contributed by atoms with Crippen LogP contribution in [0.1, 0.15) is 20.3 Å². The minimum Gasteiger partial charge on any atom is -0.254 e. The maximum absolute atomic E-state index is 12.0. The first-order chi connectivity index (χ1) is 7.85. The van der Waals surface area contributed by atoms with Gasteiger partial charge in [-0.05, 0) is 38.5 Å². The molecule has 0 spiro atoms. The van der Waals surface area contributed by atoms with Crippen LogP contribution in [0.2, 0.25) is 10.0 Å². The molecule has 1 rings (SSSR count). The smallest absolute Gasteiger partial charge is 0.0684 e. The highest BCUT2D eigenvalue weighted by Gasteiger charge is 2.18. The number of hydrogen-bond acceptors (Lipinski definition) is 2. The molecule has 0 aliphatic heterocycles.